The Labute approximate surface area is 110 Å². The normalized spacial score (nSPS) is 14.0. The van der Waals surface area contributed by atoms with Gasteiger partial charge in [-0.2, -0.15) is 0 Å². The zero-order valence-electron chi connectivity index (χ0n) is 10.5. The van der Waals surface area contributed by atoms with E-state index in [9.17, 15) is 8.78 Å². The molecule has 98 valence electrons. The summed E-state index contributed by atoms with van der Waals surface area (Å²) in [6.07, 6.45) is 4.54. The van der Waals surface area contributed by atoms with Gasteiger partial charge in [-0.25, -0.2) is 8.78 Å². The number of hydrogen-bond donors (Lipinski definition) is 0. The molecule has 0 aromatic heterocycles. The van der Waals surface area contributed by atoms with Gasteiger partial charge in [0.15, 0.2) is 11.6 Å². The van der Waals surface area contributed by atoms with Crippen LogP contribution in [0.3, 0.4) is 0 Å². The number of benzene rings is 2. The number of aryl methyl sites for hydroxylation is 2. The Bertz CT molecular complexity index is 608. The summed E-state index contributed by atoms with van der Waals surface area (Å²) >= 11 is 0. The summed E-state index contributed by atoms with van der Waals surface area (Å²) in [5.74, 6) is -0.628. The van der Waals surface area contributed by atoms with Crippen LogP contribution < -0.4 is 4.74 Å². The molecule has 0 bridgehead atoms. The van der Waals surface area contributed by atoms with Crippen LogP contribution in [0, 0.1) is 11.6 Å². The lowest BCUT2D eigenvalue weighted by atomic mass is 9.92. The van der Waals surface area contributed by atoms with E-state index in [2.05, 4.69) is 0 Å². The summed E-state index contributed by atoms with van der Waals surface area (Å²) < 4.78 is 31.8. The van der Waals surface area contributed by atoms with Crippen molar-refractivity contribution in [3.8, 4) is 11.5 Å². The van der Waals surface area contributed by atoms with Crippen LogP contribution in [0.2, 0.25) is 0 Å². The SMILES string of the molecule is Fc1ccc(Oc2ccc3c(c2)CCCC3)c(F)c1. The summed E-state index contributed by atoms with van der Waals surface area (Å²) in [6.45, 7) is 0. The van der Waals surface area contributed by atoms with E-state index < -0.39 is 11.6 Å². The van der Waals surface area contributed by atoms with Gasteiger partial charge in [-0.1, -0.05) is 6.07 Å². The van der Waals surface area contributed by atoms with Crippen molar-refractivity contribution in [2.45, 2.75) is 25.7 Å². The molecule has 2 aromatic carbocycles. The van der Waals surface area contributed by atoms with Crippen LogP contribution >= 0.6 is 0 Å². The van der Waals surface area contributed by atoms with Crippen LogP contribution in [0.5, 0.6) is 11.5 Å². The summed E-state index contributed by atoms with van der Waals surface area (Å²) in [5.41, 5.74) is 2.62. The van der Waals surface area contributed by atoms with Crippen molar-refractivity contribution in [1.29, 1.82) is 0 Å². The molecule has 0 saturated heterocycles. The first-order chi connectivity index (χ1) is 9.22. The molecule has 1 nitrogen and oxygen atoms in total. The monoisotopic (exact) mass is 260 g/mol. The van der Waals surface area contributed by atoms with Gasteiger partial charge in [0.05, 0.1) is 0 Å². The summed E-state index contributed by atoms with van der Waals surface area (Å²) in [7, 11) is 0. The highest BCUT2D eigenvalue weighted by Gasteiger charge is 2.11. The number of fused-ring (bicyclic) bond motifs is 1. The Morgan fingerprint density at radius 2 is 1.63 bits per heavy atom. The van der Waals surface area contributed by atoms with Gasteiger partial charge in [0.1, 0.15) is 11.6 Å². The fourth-order valence-corrected chi connectivity index (χ4v) is 2.46. The fourth-order valence-electron chi connectivity index (χ4n) is 2.46. The van der Waals surface area contributed by atoms with E-state index in [4.69, 9.17) is 4.74 Å². The number of rotatable bonds is 2. The van der Waals surface area contributed by atoms with Crippen molar-refractivity contribution in [3.63, 3.8) is 0 Å². The van der Waals surface area contributed by atoms with Gasteiger partial charge in [0, 0.05) is 6.07 Å². The molecule has 2 aromatic rings. The highest BCUT2D eigenvalue weighted by molar-refractivity contribution is 5.39. The summed E-state index contributed by atoms with van der Waals surface area (Å²) in [5, 5.41) is 0. The maximum absolute atomic E-state index is 13.5. The Kier molecular flexibility index (Phi) is 3.20. The first kappa shape index (κ1) is 12.2. The largest absolute Gasteiger partial charge is 0.454 e. The lowest BCUT2D eigenvalue weighted by Gasteiger charge is -2.16. The minimum atomic E-state index is -0.683. The molecule has 0 fully saturated rings. The third-order valence-electron chi connectivity index (χ3n) is 3.44. The zero-order chi connectivity index (χ0) is 13.2. The predicted octanol–water partition coefficient (Wildman–Crippen LogP) is 4.64. The van der Waals surface area contributed by atoms with Gasteiger partial charge in [-0.15, -0.1) is 0 Å². The maximum Gasteiger partial charge on any atom is 0.168 e. The highest BCUT2D eigenvalue weighted by atomic mass is 19.1. The molecule has 19 heavy (non-hydrogen) atoms. The molecule has 0 saturated carbocycles. The average Bonchev–Trinajstić information content (AvgIpc) is 2.42. The second kappa shape index (κ2) is 5.00. The maximum atomic E-state index is 13.5. The topological polar surface area (TPSA) is 9.23 Å². The van der Waals surface area contributed by atoms with Crippen LogP contribution in [0.25, 0.3) is 0 Å². The van der Waals surface area contributed by atoms with E-state index in [1.807, 2.05) is 18.2 Å². The molecule has 0 spiro atoms. The Balaban J connectivity index is 1.87. The van der Waals surface area contributed by atoms with E-state index in [0.29, 0.717) is 5.75 Å². The minimum Gasteiger partial charge on any atom is -0.454 e. The van der Waals surface area contributed by atoms with E-state index in [0.717, 1.165) is 18.9 Å². The Morgan fingerprint density at radius 1 is 0.842 bits per heavy atom. The van der Waals surface area contributed by atoms with Gasteiger partial charge >= 0.3 is 0 Å². The molecule has 3 heteroatoms. The van der Waals surface area contributed by atoms with Gasteiger partial charge in [0.25, 0.3) is 0 Å². The lowest BCUT2D eigenvalue weighted by Crippen LogP contribution is -2.02. The van der Waals surface area contributed by atoms with Crippen molar-refractivity contribution >= 4 is 0 Å². The van der Waals surface area contributed by atoms with Crippen molar-refractivity contribution in [2.75, 3.05) is 0 Å². The van der Waals surface area contributed by atoms with Crippen molar-refractivity contribution < 1.29 is 13.5 Å². The molecule has 1 aliphatic carbocycles. The quantitative estimate of drug-likeness (QED) is 0.764. The van der Waals surface area contributed by atoms with Crippen LogP contribution in [-0.4, -0.2) is 0 Å². The Hall–Kier alpha value is -1.90. The zero-order valence-corrected chi connectivity index (χ0v) is 10.5. The van der Waals surface area contributed by atoms with Crippen molar-refractivity contribution in [1.82, 2.24) is 0 Å². The van der Waals surface area contributed by atoms with Crippen molar-refractivity contribution in [2.24, 2.45) is 0 Å². The van der Waals surface area contributed by atoms with E-state index in [1.165, 1.54) is 36.1 Å². The lowest BCUT2D eigenvalue weighted by molar-refractivity contribution is 0.436. The van der Waals surface area contributed by atoms with E-state index >= 15 is 0 Å². The van der Waals surface area contributed by atoms with Crippen LogP contribution in [-0.2, 0) is 12.8 Å². The predicted molar refractivity (Wildman–Crippen MR) is 69.5 cm³/mol. The third-order valence-corrected chi connectivity index (χ3v) is 3.44. The van der Waals surface area contributed by atoms with E-state index in [-0.39, 0.29) is 5.75 Å². The van der Waals surface area contributed by atoms with Crippen molar-refractivity contribution in [3.05, 3.63) is 59.2 Å². The van der Waals surface area contributed by atoms with Gasteiger partial charge < -0.3 is 4.74 Å². The molecule has 0 aliphatic heterocycles. The molecule has 1 aliphatic rings. The molecule has 3 rings (SSSR count). The molecule has 0 unspecified atom stereocenters. The highest BCUT2D eigenvalue weighted by Crippen LogP contribution is 2.29. The smallest absolute Gasteiger partial charge is 0.168 e. The minimum absolute atomic E-state index is 0.0529. The van der Waals surface area contributed by atoms with Gasteiger partial charge in [-0.05, 0) is 61.1 Å². The second-order valence-corrected chi connectivity index (χ2v) is 4.81. The molecule has 0 amide bonds. The Morgan fingerprint density at radius 3 is 2.42 bits per heavy atom. The van der Waals surface area contributed by atoms with Crippen LogP contribution in [0.4, 0.5) is 8.78 Å². The molecule has 0 radical (unpaired) electrons. The molecular formula is C16H14F2O. The molecule has 0 N–H and O–H groups in total. The van der Waals surface area contributed by atoms with Gasteiger partial charge in [0.2, 0.25) is 0 Å². The average molecular weight is 260 g/mol. The first-order valence-electron chi connectivity index (χ1n) is 6.47. The van der Waals surface area contributed by atoms with E-state index in [1.54, 1.807) is 0 Å². The summed E-state index contributed by atoms with van der Waals surface area (Å²) in [6, 6.07) is 9.16. The summed E-state index contributed by atoms with van der Waals surface area (Å²) in [4.78, 5) is 0. The second-order valence-electron chi connectivity index (χ2n) is 4.81. The molecular weight excluding hydrogens is 246 g/mol. The number of ether oxygens (including phenoxy) is 1. The third kappa shape index (κ3) is 2.60. The standard InChI is InChI=1S/C16H14F2O/c17-13-6-8-16(15(18)10-13)19-14-7-5-11-3-1-2-4-12(11)9-14/h5-10H,1-4H2. The van der Waals surface area contributed by atoms with Gasteiger partial charge in [-0.3, -0.25) is 0 Å². The fraction of sp³-hybridized carbons (Fsp3) is 0.250. The number of hydrogen-bond acceptors (Lipinski definition) is 1. The number of halogens is 2. The molecule has 0 heterocycles. The molecule has 0 atom stereocenters. The van der Waals surface area contributed by atoms with Crippen LogP contribution in [0.1, 0.15) is 24.0 Å². The van der Waals surface area contributed by atoms with Crippen LogP contribution in [0.15, 0.2) is 36.4 Å². The first-order valence-corrected chi connectivity index (χ1v) is 6.47.